The van der Waals surface area contributed by atoms with E-state index in [2.05, 4.69) is 5.32 Å². The predicted molar refractivity (Wildman–Crippen MR) is 69.6 cm³/mol. The third kappa shape index (κ3) is 3.07. The molecule has 0 bridgehead atoms. The van der Waals surface area contributed by atoms with E-state index in [1.165, 1.54) is 0 Å². The number of hydrogen-bond acceptors (Lipinski definition) is 1. The first-order valence-corrected chi connectivity index (χ1v) is 6.47. The van der Waals surface area contributed by atoms with Gasteiger partial charge in [-0.3, -0.25) is 4.79 Å². The van der Waals surface area contributed by atoms with Crippen LogP contribution in [0, 0.1) is 3.57 Å². The van der Waals surface area contributed by atoms with Gasteiger partial charge in [-0.15, -0.1) is 0 Å². The number of carbonyl (C=O) groups excluding carboxylic acids is 1. The van der Waals surface area contributed by atoms with Gasteiger partial charge < -0.3 is 5.32 Å². The molecule has 0 unspecified atom stereocenters. The molecule has 92 valence electrons. The monoisotopic (exact) mass is 371 g/mol. The van der Waals surface area contributed by atoms with Gasteiger partial charge in [0, 0.05) is 27.5 Å². The molecule has 1 aromatic carbocycles. The van der Waals surface area contributed by atoms with Crippen molar-refractivity contribution in [1.29, 1.82) is 0 Å². The standard InChI is InChI=1S/C11H9ClF2INO/c12-6-1-2-8(9(15)3-6)10(17)16-7-4-11(13,14)5-7/h1-3,7H,4-5H2,(H,16,17). The topological polar surface area (TPSA) is 29.1 Å². The minimum Gasteiger partial charge on any atom is -0.349 e. The summed E-state index contributed by atoms with van der Waals surface area (Å²) in [5.41, 5.74) is 0.463. The zero-order valence-corrected chi connectivity index (χ0v) is 11.6. The lowest BCUT2D eigenvalue weighted by atomic mass is 9.88. The van der Waals surface area contributed by atoms with Crippen molar-refractivity contribution in [3.63, 3.8) is 0 Å². The van der Waals surface area contributed by atoms with Crippen LogP contribution in [0.3, 0.4) is 0 Å². The van der Waals surface area contributed by atoms with E-state index >= 15 is 0 Å². The normalized spacial score (nSPS) is 18.6. The molecule has 1 amide bonds. The Labute approximate surface area is 116 Å². The summed E-state index contributed by atoms with van der Waals surface area (Å²) < 4.78 is 25.9. The summed E-state index contributed by atoms with van der Waals surface area (Å²) in [4.78, 5) is 11.8. The lowest BCUT2D eigenvalue weighted by molar-refractivity contribution is -0.0901. The smallest absolute Gasteiger partial charge is 0.252 e. The number of nitrogens with one attached hydrogen (secondary N) is 1. The molecule has 0 heterocycles. The van der Waals surface area contributed by atoms with Gasteiger partial charge >= 0.3 is 0 Å². The zero-order chi connectivity index (χ0) is 12.6. The molecule has 1 fully saturated rings. The second kappa shape index (κ2) is 4.68. The molecular formula is C11H9ClF2INO. The number of halogens is 4. The second-order valence-corrected chi connectivity index (χ2v) is 5.66. The van der Waals surface area contributed by atoms with E-state index in [1.807, 2.05) is 22.6 Å². The van der Waals surface area contributed by atoms with Crippen molar-refractivity contribution in [2.24, 2.45) is 0 Å². The van der Waals surface area contributed by atoms with Crippen LogP contribution in [0.15, 0.2) is 18.2 Å². The van der Waals surface area contributed by atoms with Gasteiger partial charge in [-0.25, -0.2) is 8.78 Å². The minimum atomic E-state index is -2.62. The molecule has 1 aliphatic rings. The number of alkyl halides is 2. The highest BCUT2D eigenvalue weighted by Crippen LogP contribution is 2.37. The molecule has 1 N–H and O–H groups in total. The van der Waals surface area contributed by atoms with E-state index in [1.54, 1.807) is 18.2 Å². The van der Waals surface area contributed by atoms with Crippen LogP contribution in [-0.2, 0) is 0 Å². The first-order chi connectivity index (χ1) is 7.87. The zero-order valence-electron chi connectivity index (χ0n) is 8.64. The average Bonchev–Trinajstić information content (AvgIpc) is 2.14. The molecule has 17 heavy (non-hydrogen) atoms. The van der Waals surface area contributed by atoms with Crippen LogP contribution in [0.25, 0.3) is 0 Å². The molecule has 0 radical (unpaired) electrons. The molecule has 2 nitrogen and oxygen atoms in total. The number of benzene rings is 1. The molecule has 2 rings (SSSR count). The Balaban J connectivity index is 2.01. The molecule has 1 aliphatic carbocycles. The van der Waals surface area contributed by atoms with Gasteiger partial charge in [0.05, 0.1) is 5.56 Å². The Morgan fingerprint density at radius 1 is 1.47 bits per heavy atom. The Bertz CT molecular complexity index is 459. The lowest BCUT2D eigenvalue weighted by Crippen LogP contribution is -2.50. The molecule has 6 heteroatoms. The lowest BCUT2D eigenvalue weighted by Gasteiger charge is -2.35. The fourth-order valence-corrected chi connectivity index (χ4v) is 2.82. The van der Waals surface area contributed by atoms with Crippen LogP contribution in [0.4, 0.5) is 8.78 Å². The van der Waals surface area contributed by atoms with Crippen LogP contribution in [0.2, 0.25) is 5.02 Å². The van der Waals surface area contributed by atoms with Crippen molar-refractivity contribution in [3.8, 4) is 0 Å². The molecule has 0 spiro atoms. The maximum Gasteiger partial charge on any atom is 0.252 e. The fourth-order valence-electron chi connectivity index (χ4n) is 1.70. The van der Waals surface area contributed by atoms with Gasteiger partial charge in [0.2, 0.25) is 0 Å². The van der Waals surface area contributed by atoms with Crippen molar-refractivity contribution in [1.82, 2.24) is 5.32 Å². The summed E-state index contributed by atoms with van der Waals surface area (Å²) in [5.74, 6) is -2.95. The van der Waals surface area contributed by atoms with Gasteiger partial charge in [-0.05, 0) is 40.8 Å². The summed E-state index contributed by atoms with van der Waals surface area (Å²) in [6, 6.07) is 4.43. The van der Waals surface area contributed by atoms with Gasteiger partial charge in [0.1, 0.15) is 0 Å². The van der Waals surface area contributed by atoms with Crippen LogP contribution in [-0.4, -0.2) is 17.9 Å². The number of hydrogen-bond donors (Lipinski definition) is 1. The average molecular weight is 372 g/mol. The van der Waals surface area contributed by atoms with E-state index in [4.69, 9.17) is 11.6 Å². The Morgan fingerprint density at radius 2 is 2.12 bits per heavy atom. The van der Waals surface area contributed by atoms with Crippen LogP contribution < -0.4 is 5.32 Å². The maximum atomic E-state index is 12.6. The van der Waals surface area contributed by atoms with Crippen molar-refractivity contribution < 1.29 is 13.6 Å². The molecule has 0 atom stereocenters. The predicted octanol–water partition coefficient (Wildman–Crippen LogP) is 3.47. The first-order valence-electron chi connectivity index (χ1n) is 5.01. The maximum absolute atomic E-state index is 12.6. The summed E-state index contributed by atoms with van der Waals surface area (Å²) in [7, 11) is 0. The van der Waals surface area contributed by atoms with E-state index in [9.17, 15) is 13.6 Å². The minimum absolute atomic E-state index is 0.275. The van der Waals surface area contributed by atoms with E-state index in [0.29, 0.717) is 14.2 Å². The first kappa shape index (κ1) is 13.0. The summed E-state index contributed by atoms with van der Waals surface area (Å²) in [6.45, 7) is 0. The second-order valence-electron chi connectivity index (χ2n) is 4.06. The molecule has 0 saturated heterocycles. The highest BCUT2D eigenvalue weighted by molar-refractivity contribution is 14.1. The van der Waals surface area contributed by atoms with Crippen LogP contribution in [0.5, 0.6) is 0 Å². The third-order valence-corrected chi connectivity index (χ3v) is 3.73. The van der Waals surface area contributed by atoms with Crippen molar-refractivity contribution >= 4 is 40.1 Å². The number of carbonyl (C=O) groups is 1. The fraction of sp³-hybridized carbons (Fsp3) is 0.364. The third-order valence-electron chi connectivity index (χ3n) is 2.60. The number of rotatable bonds is 2. The largest absolute Gasteiger partial charge is 0.349 e. The Hall–Kier alpha value is -0.430. The Morgan fingerprint density at radius 3 is 2.65 bits per heavy atom. The van der Waals surface area contributed by atoms with Gasteiger partial charge in [-0.2, -0.15) is 0 Å². The van der Waals surface area contributed by atoms with Gasteiger partial charge in [0.15, 0.2) is 0 Å². The summed E-state index contributed by atoms with van der Waals surface area (Å²) >= 11 is 7.76. The molecular weight excluding hydrogens is 362 g/mol. The van der Waals surface area contributed by atoms with Crippen molar-refractivity contribution in [2.75, 3.05) is 0 Å². The number of amides is 1. The van der Waals surface area contributed by atoms with E-state index in [0.717, 1.165) is 0 Å². The highest BCUT2D eigenvalue weighted by atomic mass is 127. The SMILES string of the molecule is O=C(NC1CC(F)(F)C1)c1ccc(Cl)cc1I. The highest BCUT2D eigenvalue weighted by Gasteiger charge is 2.46. The van der Waals surface area contributed by atoms with Crippen LogP contribution in [0.1, 0.15) is 23.2 Å². The quantitative estimate of drug-likeness (QED) is 0.793. The van der Waals surface area contributed by atoms with E-state index in [-0.39, 0.29) is 18.7 Å². The van der Waals surface area contributed by atoms with Gasteiger partial charge in [0.25, 0.3) is 11.8 Å². The molecule has 1 saturated carbocycles. The van der Waals surface area contributed by atoms with E-state index < -0.39 is 12.0 Å². The van der Waals surface area contributed by atoms with Gasteiger partial charge in [-0.1, -0.05) is 11.6 Å². The molecule has 0 aromatic heterocycles. The van der Waals surface area contributed by atoms with Crippen molar-refractivity contribution in [2.45, 2.75) is 24.8 Å². The van der Waals surface area contributed by atoms with Crippen LogP contribution >= 0.6 is 34.2 Å². The summed E-state index contributed by atoms with van der Waals surface area (Å²) in [5, 5.41) is 3.12. The Kier molecular flexibility index (Phi) is 3.58. The summed E-state index contributed by atoms with van der Waals surface area (Å²) in [6.07, 6.45) is -0.550. The molecule has 0 aliphatic heterocycles. The van der Waals surface area contributed by atoms with Crippen molar-refractivity contribution in [3.05, 3.63) is 32.4 Å². The molecule has 1 aromatic rings.